The topological polar surface area (TPSA) is 140 Å². The Kier molecular flexibility index (Phi) is 8.19. The Balaban J connectivity index is 1.65. The molecule has 0 heterocycles. The first kappa shape index (κ1) is 26.8. The monoisotopic (exact) mass is 534 g/mol. The number of nitro benzene ring substituents is 1. The van der Waals surface area contributed by atoms with E-state index >= 15 is 0 Å². The number of halogens is 4. The maximum absolute atomic E-state index is 12.9. The number of non-ortho nitro benzene ring substituents is 1. The Labute approximate surface area is 210 Å². The fraction of sp³-hybridized carbons (Fsp3) is 0.0435. The molecular formula is C23H14ClF3N4O6. The second-order valence-corrected chi connectivity index (χ2v) is 7.48. The lowest BCUT2D eigenvalue weighted by Gasteiger charge is -2.11. The molecule has 2 amide bonds. The lowest BCUT2D eigenvalue weighted by molar-refractivity contribution is -0.384. The van der Waals surface area contributed by atoms with Crippen molar-refractivity contribution in [2.24, 2.45) is 5.10 Å². The number of hydrogen-bond acceptors (Lipinski definition) is 7. The van der Waals surface area contributed by atoms with Gasteiger partial charge in [0.1, 0.15) is 5.75 Å². The predicted octanol–water partition coefficient (Wildman–Crippen LogP) is 4.58. The van der Waals surface area contributed by atoms with Crippen LogP contribution in [0.2, 0.25) is 5.02 Å². The second-order valence-electron chi connectivity index (χ2n) is 7.08. The number of hydrogen-bond donors (Lipinski definition) is 2. The number of rotatable bonds is 6. The summed E-state index contributed by atoms with van der Waals surface area (Å²) in [5.41, 5.74) is 0.425. The molecule has 0 atom stereocenters. The van der Waals surface area contributed by atoms with Crippen molar-refractivity contribution < 1.29 is 37.2 Å². The summed E-state index contributed by atoms with van der Waals surface area (Å²) >= 11 is 5.79. The van der Waals surface area contributed by atoms with E-state index in [9.17, 15) is 37.7 Å². The van der Waals surface area contributed by atoms with Crippen molar-refractivity contribution in [2.75, 3.05) is 5.32 Å². The molecule has 10 nitrogen and oxygen atoms in total. The number of amides is 2. The molecule has 0 radical (unpaired) electrons. The van der Waals surface area contributed by atoms with Crippen LogP contribution in [0.1, 0.15) is 21.5 Å². The highest BCUT2D eigenvalue weighted by atomic mass is 35.5. The summed E-state index contributed by atoms with van der Waals surface area (Å²) in [7, 11) is 0. The first-order chi connectivity index (χ1) is 17.5. The summed E-state index contributed by atoms with van der Waals surface area (Å²) in [6, 6.07) is 12.9. The average molecular weight is 535 g/mol. The number of hydrazone groups is 1. The number of carbonyl (C=O) groups excluding carboxylic acids is 3. The van der Waals surface area contributed by atoms with Crippen molar-refractivity contribution in [2.45, 2.75) is 6.18 Å². The molecule has 0 unspecified atom stereocenters. The van der Waals surface area contributed by atoms with Crippen LogP contribution in [0.4, 0.5) is 24.5 Å². The van der Waals surface area contributed by atoms with E-state index in [1.165, 1.54) is 24.3 Å². The van der Waals surface area contributed by atoms with Gasteiger partial charge < -0.3 is 10.1 Å². The Morgan fingerprint density at radius 2 is 1.68 bits per heavy atom. The quantitative estimate of drug-likeness (QED) is 0.118. The average Bonchev–Trinajstić information content (AvgIpc) is 2.85. The minimum atomic E-state index is -4.69. The predicted molar refractivity (Wildman–Crippen MR) is 125 cm³/mol. The molecule has 0 saturated heterocycles. The van der Waals surface area contributed by atoms with E-state index in [1.807, 2.05) is 10.7 Å². The Bertz CT molecular complexity index is 1390. The van der Waals surface area contributed by atoms with E-state index in [-0.39, 0.29) is 27.6 Å². The van der Waals surface area contributed by atoms with E-state index in [4.69, 9.17) is 16.3 Å². The third-order valence-electron chi connectivity index (χ3n) is 4.55. The van der Waals surface area contributed by atoms with Gasteiger partial charge in [-0.05, 0) is 42.5 Å². The lowest BCUT2D eigenvalue weighted by atomic mass is 10.2. The van der Waals surface area contributed by atoms with Crippen LogP contribution in [0, 0.1) is 10.1 Å². The number of carbonyl (C=O) groups is 3. The van der Waals surface area contributed by atoms with E-state index in [2.05, 4.69) is 5.10 Å². The maximum atomic E-state index is 12.9. The van der Waals surface area contributed by atoms with E-state index in [1.54, 1.807) is 12.1 Å². The van der Waals surface area contributed by atoms with Crippen LogP contribution in [0.5, 0.6) is 5.75 Å². The first-order valence-corrected chi connectivity index (χ1v) is 10.4. The molecule has 0 bridgehead atoms. The summed E-state index contributed by atoms with van der Waals surface area (Å²) in [5, 5.41) is 16.1. The van der Waals surface area contributed by atoms with Gasteiger partial charge in [0.15, 0.2) is 0 Å². The van der Waals surface area contributed by atoms with Gasteiger partial charge in [-0.1, -0.05) is 23.7 Å². The molecule has 14 heteroatoms. The molecule has 190 valence electrons. The molecule has 0 aliphatic rings. The molecule has 0 aliphatic carbocycles. The fourth-order valence-electron chi connectivity index (χ4n) is 2.75. The van der Waals surface area contributed by atoms with Crippen molar-refractivity contribution in [1.82, 2.24) is 5.43 Å². The molecule has 0 spiro atoms. The molecule has 2 N–H and O–H groups in total. The number of esters is 1. The van der Waals surface area contributed by atoms with Gasteiger partial charge >= 0.3 is 24.0 Å². The van der Waals surface area contributed by atoms with Gasteiger partial charge in [-0.2, -0.15) is 18.3 Å². The van der Waals surface area contributed by atoms with Gasteiger partial charge in [0, 0.05) is 17.7 Å². The zero-order chi connectivity index (χ0) is 27.2. The van der Waals surface area contributed by atoms with Gasteiger partial charge in [0.2, 0.25) is 0 Å². The van der Waals surface area contributed by atoms with Crippen molar-refractivity contribution in [3.8, 4) is 5.75 Å². The third-order valence-corrected chi connectivity index (χ3v) is 4.88. The number of alkyl halides is 3. The van der Waals surface area contributed by atoms with E-state index < -0.39 is 40.1 Å². The molecular weight excluding hydrogens is 521 g/mol. The number of para-hydroxylation sites is 1. The van der Waals surface area contributed by atoms with Gasteiger partial charge in [-0.15, -0.1) is 0 Å². The number of ether oxygens (including phenoxy) is 1. The zero-order valence-electron chi connectivity index (χ0n) is 18.3. The number of benzene rings is 3. The fourth-order valence-corrected chi connectivity index (χ4v) is 2.91. The standard InChI is InChI=1S/C23H14ClF3N4O6/c24-17-10-7-15(23(25,26)27)11-18(17)29-20(32)21(33)30-28-12-14-3-1-2-4-19(14)37-22(34)13-5-8-16(9-6-13)31(35)36/h1-12H,(H,29,32)(H,30,33)/b28-12+. The van der Waals surface area contributed by atoms with Crippen molar-refractivity contribution in [3.05, 3.63) is 98.6 Å². The molecule has 0 aromatic heterocycles. The highest BCUT2D eigenvalue weighted by Crippen LogP contribution is 2.33. The van der Waals surface area contributed by atoms with Crippen LogP contribution in [0.25, 0.3) is 0 Å². The zero-order valence-corrected chi connectivity index (χ0v) is 19.0. The van der Waals surface area contributed by atoms with Crippen molar-refractivity contribution in [3.63, 3.8) is 0 Å². The minimum Gasteiger partial charge on any atom is -0.422 e. The van der Waals surface area contributed by atoms with Crippen LogP contribution >= 0.6 is 11.6 Å². The smallest absolute Gasteiger partial charge is 0.416 e. The SMILES string of the molecule is O=C(N/N=C/c1ccccc1OC(=O)c1ccc([N+](=O)[O-])cc1)C(=O)Nc1cc(C(F)(F)F)ccc1Cl. The molecule has 3 aromatic carbocycles. The van der Waals surface area contributed by atoms with E-state index in [0.717, 1.165) is 24.4 Å². The number of nitrogens with zero attached hydrogens (tertiary/aromatic N) is 2. The summed E-state index contributed by atoms with van der Waals surface area (Å²) in [5.74, 6) is -3.46. The summed E-state index contributed by atoms with van der Waals surface area (Å²) in [6.07, 6.45) is -3.63. The maximum Gasteiger partial charge on any atom is 0.416 e. The number of nitrogens with one attached hydrogen (secondary N) is 2. The van der Waals surface area contributed by atoms with Crippen molar-refractivity contribution >= 4 is 47.0 Å². The van der Waals surface area contributed by atoms with Crippen molar-refractivity contribution in [1.29, 1.82) is 0 Å². The first-order valence-electron chi connectivity index (χ1n) is 10.0. The van der Waals surface area contributed by atoms with Crippen LogP contribution in [-0.4, -0.2) is 28.9 Å². The molecule has 3 rings (SSSR count). The second kappa shape index (κ2) is 11.3. The summed E-state index contributed by atoms with van der Waals surface area (Å²) < 4.78 is 43.9. The summed E-state index contributed by atoms with van der Waals surface area (Å²) in [4.78, 5) is 46.6. The molecule has 0 saturated carbocycles. The highest BCUT2D eigenvalue weighted by molar-refractivity contribution is 6.41. The lowest BCUT2D eigenvalue weighted by Crippen LogP contribution is -2.32. The van der Waals surface area contributed by atoms with Crippen LogP contribution in [-0.2, 0) is 15.8 Å². The number of nitro groups is 1. The van der Waals surface area contributed by atoms with E-state index in [0.29, 0.717) is 12.1 Å². The largest absolute Gasteiger partial charge is 0.422 e. The van der Waals surface area contributed by atoms with Gasteiger partial charge in [-0.3, -0.25) is 19.7 Å². The van der Waals surface area contributed by atoms with Gasteiger partial charge in [-0.25, -0.2) is 10.2 Å². The third kappa shape index (κ3) is 7.11. The highest BCUT2D eigenvalue weighted by Gasteiger charge is 2.31. The van der Waals surface area contributed by atoms with Gasteiger partial charge in [0.25, 0.3) is 5.69 Å². The normalized spacial score (nSPS) is 11.1. The summed E-state index contributed by atoms with van der Waals surface area (Å²) in [6.45, 7) is 0. The Morgan fingerprint density at radius 1 is 1.00 bits per heavy atom. The van der Waals surface area contributed by atoms with Crippen LogP contribution < -0.4 is 15.5 Å². The van der Waals surface area contributed by atoms with Gasteiger partial charge in [0.05, 0.1) is 33.0 Å². The Morgan fingerprint density at radius 3 is 2.32 bits per heavy atom. The van der Waals surface area contributed by atoms with Crippen LogP contribution in [0.15, 0.2) is 71.8 Å². The Hall–Kier alpha value is -4.78. The molecule has 0 fully saturated rings. The molecule has 0 aliphatic heterocycles. The minimum absolute atomic E-state index is 0.0176. The molecule has 3 aromatic rings. The van der Waals surface area contributed by atoms with Crippen LogP contribution in [0.3, 0.4) is 0 Å². The number of anilines is 1. The molecule has 37 heavy (non-hydrogen) atoms.